The number of phenols is 1. The number of fused-ring (bicyclic) bond motifs is 2. The van der Waals surface area contributed by atoms with Gasteiger partial charge in [0.05, 0.1) is 7.11 Å². The topological polar surface area (TPSA) is 76.1 Å². The Balaban J connectivity index is 1.81. The highest BCUT2D eigenvalue weighted by Gasteiger charge is 2.51. The molecule has 2 heterocycles. The second-order valence-corrected chi connectivity index (χ2v) is 6.21. The van der Waals surface area contributed by atoms with E-state index in [0.29, 0.717) is 12.5 Å². The second-order valence-electron chi connectivity index (χ2n) is 6.21. The van der Waals surface area contributed by atoms with Crippen molar-refractivity contribution in [3.63, 3.8) is 0 Å². The minimum absolute atomic E-state index is 0.0309. The lowest BCUT2D eigenvalue weighted by atomic mass is 9.87. The van der Waals surface area contributed by atoms with Crippen LogP contribution in [0.1, 0.15) is 29.6 Å². The van der Waals surface area contributed by atoms with Gasteiger partial charge in [0.25, 0.3) is 0 Å². The Morgan fingerprint density at radius 1 is 1.26 bits per heavy atom. The van der Waals surface area contributed by atoms with Crippen LogP contribution in [0.15, 0.2) is 24.3 Å². The number of hydrogen-bond donors (Lipinski definition) is 1. The molecule has 1 N–H and O–H groups in total. The van der Waals surface area contributed by atoms with Gasteiger partial charge in [-0.3, -0.25) is 9.69 Å². The van der Waals surface area contributed by atoms with Crippen LogP contribution in [0.4, 0.5) is 0 Å². The van der Waals surface area contributed by atoms with Crippen LogP contribution in [0.5, 0.6) is 5.75 Å². The molecule has 1 aromatic carbocycles. The normalized spacial score (nSPS) is 30.0. The van der Waals surface area contributed by atoms with E-state index in [2.05, 4.69) is 4.90 Å². The third-order valence-electron chi connectivity index (χ3n) is 5.07. The molecule has 2 aliphatic heterocycles. The molecule has 4 atom stereocenters. The fraction of sp³-hybridized carbons (Fsp3) is 0.529. The van der Waals surface area contributed by atoms with Crippen LogP contribution in [-0.4, -0.2) is 54.3 Å². The predicted octanol–water partition coefficient (Wildman–Crippen LogP) is 1.57. The SMILES string of the molecule is COC(=O)[C@H]1[C@@H](OC(=O)c2ccccc2O)C[C@@H]2CC[C@H]1N2C. The number of rotatable bonds is 3. The van der Waals surface area contributed by atoms with Crippen molar-refractivity contribution in [1.82, 2.24) is 4.90 Å². The number of piperidine rings is 1. The summed E-state index contributed by atoms with van der Waals surface area (Å²) in [4.78, 5) is 26.7. The molecular formula is C17H21NO5. The number of carbonyl (C=O) groups is 2. The van der Waals surface area contributed by atoms with E-state index in [4.69, 9.17) is 9.47 Å². The van der Waals surface area contributed by atoms with Gasteiger partial charge in [-0.2, -0.15) is 0 Å². The summed E-state index contributed by atoms with van der Waals surface area (Å²) in [7, 11) is 3.35. The van der Waals surface area contributed by atoms with Gasteiger partial charge in [0, 0.05) is 18.5 Å². The highest BCUT2D eigenvalue weighted by Crippen LogP contribution is 2.40. The van der Waals surface area contributed by atoms with Gasteiger partial charge in [0.2, 0.25) is 0 Å². The summed E-state index contributed by atoms with van der Waals surface area (Å²) in [6.45, 7) is 0. The van der Waals surface area contributed by atoms with E-state index in [1.54, 1.807) is 12.1 Å². The first-order valence-corrected chi connectivity index (χ1v) is 7.81. The van der Waals surface area contributed by atoms with Crippen LogP contribution in [0, 0.1) is 5.92 Å². The number of aromatic hydroxyl groups is 1. The van der Waals surface area contributed by atoms with Crippen molar-refractivity contribution in [2.75, 3.05) is 14.2 Å². The average Bonchev–Trinajstić information content (AvgIpc) is 2.78. The zero-order chi connectivity index (χ0) is 16.6. The molecule has 124 valence electrons. The monoisotopic (exact) mass is 319 g/mol. The van der Waals surface area contributed by atoms with Crippen molar-refractivity contribution in [3.05, 3.63) is 29.8 Å². The summed E-state index contributed by atoms with van der Waals surface area (Å²) in [6, 6.07) is 6.58. The summed E-state index contributed by atoms with van der Waals surface area (Å²) in [5.41, 5.74) is 0.113. The van der Waals surface area contributed by atoms with E-state index in [1.807, 2.05) is 7.05 Å². The number of hydrogen-bond acceptors (Lipinski definition) is 6. The Labute approximate surface area is 135 Å². The maximum absolute atomic E-state index is 12.4. The third-order valence-corrected chi connectivity index (χ3v) is 5.07. The maximum Gasteiger partial charge on any atom is 0.342 e. The van der Waals surface area contributed by atoms with E-state index in [0.717, 1.165) is 12.8 Å². The minimum Gasteiger partial charge on any atom is -0.507 e. The lowest BCUT2D eigenvalue weighted by Gasteiger charge is -2.40. The van der Waals surface area contributed by atoms with Gasteiger partial charge in [-0.25, -0.2) is 4.79 Å². The van der Waals surface area contributed by atoms with Crippen molar-refractivity contribution >= 4 is 11.9 Å². The molecule has 0 radical (unpaired) electrons. The molecule has 6 heteroatoms. The van der Waals surface area contributed by atoms with Gasteiger partial charge >= 0.3 is 11.9 Å². The Hall–Kier alpha value is -2.08. The van der Waals surface area contributed by atoms with E-state index in [1.165, 1.54) is 19.2 Å². The Morgan fingerprint density at radius 3 is 2.70 bits per heavy atom. The molecule has 0 unspecified atom stereocenters. The van der Waals surface area contributed by atoms with Gasteiger partial charge < -0.3 is 14.6 Å². The van der Waals surface area contributed by atoms with Crippen molar-refractivity contribution < 1.29 is 24.2 Å². The summed E-state index contributed by atoms with van der Waals surface area (Å²) in [5, 5.41) is 9.79. The number of benzene rings is 1. The molecule has 3 rings (SSSR count). The fourth-order valence-corrected chi connectivity index (χ4v) is 3.83. The van der Waals surface area contributed by atoms with Crippen LogP contribution in [0.3, 0.4) is 0 Å². The molecule has 1 aromatic rings. The van der Waals surface area contributed by atoms with Crippen molar-refractivity contribution in [3.8, 4) is 5.75 Å². The van der Waals surface area contributed by atoms with Gasteiger partial charge in [-0.15, -0.1) is 0 Å². The smallest absolute Gasteiger partial charge is 0.342 e. The maximum atomic E-state index is 12.4. The number of ether oxygens (including phenoxy) is 2. The van der Waals surface area contributed by atoms with Gasteiger partial charge in [-0.05, 0) is 32.0 Å². The molecule has 0 aliphatic carbocycles. The highest BCUT2D eigenvalue weighted by molar-refractivity contribution is 5.92. The molecule has 2 aliphatic rings. The number of nitrogens with zero attached hydrogens (tertiary/aromatic N) is 1. The van der Waals surface area contributed by atoms with Crippen molar-refractivity contribution in [2.24, 2.45) is 5.92 Å². The molecule has 0 amide bonds. The summed E-state index contributed by atoms with van der Waals surface area (Å²) in [6.07, 6.45) is 1.96. The quantitative estimate of drug-likeness (QED) is 0.852. The lowest BCUT2D eigenvalue weighted by Crippen LogP contribution is -2.53. The standard InChI is InChI=1S/C17H21NO5/c1-18-10-7-8-12(18)15(17(21)22-2)14(9-10)23-16(20)11-5-3-4-6-13(11)19/h3-6,10,12,14-15,19H,7-9H2,1-2H3/t10-,12+,14-,15+/m0/s1. The molecule has 2 saturated heterocycles. The number of carbonyl (C=O) groups excluding carboxylic acids is 2. The Kier molecular flexibility index (Phi) is 4.26. The van der Waals surface area contributed by atoms with E-state index >= 15 is 0 Å². The number of phenolic OH excluding ortho intramolecular Hbond substituents is 1. The molecule has 2 bridgehead atoms. The zero-order valence-electron chi connectivity index (χ0n) is 13.3. The first-order valence-electron chi connectivity index (χ1n) is 7.81. The second kappa shape index (κ2) is 6.20. The van der Waals surface area contributed by atoms with Crippen molar-refractivity contribution in [2.45, 2.75) is 37.5 Å². The zero-order valence-corrected chi connectivity index (χ0v) is 13.3. The summed E-state index contributed by atoms with van der Waals surface area (Å²) >= 11 is 0. The number of methoxy groups -OCH3 is 1. The molecule has 0 saturated carbocycles. The van der Waals surface area contributed by atoms with Crippen LogP contribution >= 0.6 is 0 Å². The first-order chi connectivity index (χ1) is 11.0. The molecule has 2 fully saturated rings. The molecular weight excluding hydrogens is 298 g/mol. The molecule has 0 spiro atoms. The average molecular weight is 319 g/mol. The number of esters is 2. The summed E-state index contributed by atoms with van der Waals surface area (Å²) in [5.74, 6) is -1.56. The van der Waals surface area contributed by atoms with Crippen LogP contribution < -0.4 is 0 Å². The summed E-state index contributed by atoms with van der Waals surface area (Å²) < 4.78 is 10.5. The Morgan fingerprint density at radius 2 is 2.00 bits per heavy atom. The van der Waals surface area contributed by atoms with E-state index < -0.39 is 18.0 Å². The largest absolute Gasteiger partial charge is 0.507 e. The van der Waals surface area contributed by atoms with Gasteiger partial charge in [-0.1, -0.05) is 12.1 Å². The van der Waals surface area contributed by atoms with Crippen LogP contribution in [0.2, 0.25) is 0 Å². The molecule has 6 nitrogen and oxygen atoms in total. The third kappa shape index (κ3) is 2.79. The van der Waals surface area contributed by atoms with Crippen molar-refractivity contribution in [1.29, 1.82) is 0 Å². The van der Waals surface area contributed by atoms with Gasteiger partial charge in [0.1, 0.15) is 23.3 Å². The molecule has 0 aromatic heterocycles. The Bertz CT molecular complexity index is 617. The first kappa shape index (κ1) is 15.8. The van der Waals surface area contributed by atoms with Crippen LogP contribution in [0.25, 0.3) is 0 Å². The molecule has 23 heavy (non-hydrogen) atoms. The van der Waals surface area contributed by atoms with E-state index in [9.17, 15) is 14.7 Å². The predicted molar refractivity (Wildman–Crippen MR) is 82.0 cm³/mol. The fourth-order valence-electron chi connectivity index (χ4n) is 3.83. The number of para-hydroxylation sites is 1. The van der Waals surface area contributed by atoms with Gasteiger partial charge in [0.15, 0.2) is 0 Å². The highest BCUT2D eigenvalue weighted by atomic mass is 16.6. The van der Waals surface area contributed by atoms with E-state index in [-0.39, 0.29) is 23.3 Å². The minimum atomic E-state index is -0.606. The lowest BCUT2D eigenvalue weighted by molar-refractivity contribution is -0.156. The van der Waals surface area contributed by atoms with Crippen LogP contribution in [-0.2, 0) is 14.3 Å².